The maximum absolute atomic E-state index is 12.7. The van der Waals surface area contributed by atoms with E-state index in [1.54, 1.807) is 0 Å². The second-order valence-corrected chi connectivity index (χ2v) is 7.06. The van der Waals surface area contributed by atoms with E-state index < -0.39 is 0 Å². The molecule has 1 aromatic carbocycles. The minimum absolute atomic E-state index is 0. The van der Waals surface area contributed by atoms with Crippen LogP contribution in [0.15, 0.2) is 28.7 Å². The van der Waals surface area contributed by atoms with Crippen LogP contribution in [0.25, 0.3) is 0 Å². The highest BCUT2D eigenvalue weighted by Gasteiger charge is 2.51. The number of amides is 1. The fraction of sp³-hybridized carbons (Fsp3) is 0.562. The smallest absolute Gasteiger partial charge is 0.230 e. The van der Waals surface area contributed by atoms with Crippen molar-refractivity contribution in [1.82, 2.24) is 10.6 Å². The largest absolute Gasteiger partial charge is 0.352 e. The summed E-state index contributed by atoms with van der Waals surface area (Å²) >= 11 is 3.50. The van der Waals surface area contributed by atoms with Gasteiger partial charge in [0.2, 0.25) is 5.91 Å². The van der Waals surface area contributed by atoms with Crippen molar-refractivity contribution in [2.45, 2.75) is 50.1 Å². The van der Waals surface area contributed by atoms with Gasteiger partial charge in [-0.2, -0.15) is 0 Å². The first-order valence-electron chi connectivity index (χ1n) is 7.40. The van der Waals surface area contributed by atoms with E-state index in [1.165, 1.54) is 0 Å². The van der Waals surface area contributed by atoms with Crippen molar-refractivity contribution in [2.24, 2.45) is 0 Å². The van der Waals surface area contributed by atoms with Gasteiger partial charge in [-0.3, -0.25) is 4.79 Å². The molecule has 2 aliphatic rings. The lowest BCUT2D eigenvalue weighted by atomic mass is 9.93. The van der Waals surface area contributed by atoms with Crippen LogP contribution < -0.4 is 10.6 Å². The Morgan fingerprint density at radius 2 is 2.19 bits per heavy atom. The van der Waals surface area contributed by atoms with Gasteiger partial charge in [0, 0.05) is 16.6 Å². The Bertz CT molecular complexity index is 519. The van der Waals surface area contributed by atoms with Crippen molar-refractivity contribution in [3.63, 3.8) is 0 Å². The summed E-state index contributed by atoms with van der Waals surface area (Å²) in [6.45, 7) is 3.18. The number of nitrogens with one attached hydrogen (secondary N) is 2. The Morgan fingerprint density at radius 3 is 2.81 bits per heavy atom. The fourth-order valence-corrected chi connectivity index (χ4v) is 3.54. The summed E-state index contributed by atoms with van der Waals surface area (Å²) in [5, 5.41) is 6.70. The molecule has 3 rings (SSSR count). The average Bonchev–Trinajstić information content (AvgIpc) is 3.20. The summed E-state index contributed by atoms with van der Waals surface area (Å²) in [5.41, 5.74) is 0.879. The zero-order valence-electron chi connectivity index (χ0n) is 12.2. The number of piperidine rings is 1. The van der Waals surface area contributed by atoms with Crippen molar-refractivity contribution in [3.05, 3.63) is 34.3 Å². The molecule has 2 atom stereocenters. The molecule has 2 fully saturated rings. The maximum atomic E-state index is 12.7. The van der Waals surface area contributed by atoms with Crippen LogP contribution in [0.2, 0.25) is 0 Å². The molecule has 2 unspecified atom stereocenters. The molecule has 1 heterocycles. The number of rotatable bonds is 3. The molecule has 3 nitrogen and oxygen atoms in total. The van der Waals surface area contributed by atoms with Crippen LogP contribution >= 0.6 is 28.3 Å². The van der Waals surface area contributed by atoms with Gasteiger partial charge in [-0.05, 0) is 56.8 Å². The highest BCUT2D eigenvalue weighted by molar-refractivity contribution is 9.10. The average molecular weight is 374 g/mol. The fourth-order valence-electron chi connectivity index (χ4n) is 3.14. The Hall–Kier alpha value is -0.580. The van der Waals surface area contributed by atoms with E-state index in [4.69, 9.17) is 0 Å². The third-order valence-electron chi connectivity index (χ3n) is 4.52. The normalized spacial score (nSPS) is 26.6. The minimum Gasteiger partial charge on any atom is -0.352 e. The number of hydrogen-bond acceptors (Lipinski definition) is 2. The molecule has 5 heteroatoms. The predicted octanol–water partition coefficient (Wildman–Crippen LogP) is 3.16. The lowest BCUT2D eigenvalue weighted by Gasteiger charge is -2.30. The van der Waals surface area contributed by atoms with Crippen LogP contribution in [0.3, 0.4) is 0 Å². The molecule has 1 aromatic rings. The number of carbonyl (C=O) groups excluding carboxylic acids is 1. The molecule has 0 bridgehead atoms. The van der Waals surface area contributed by atoms with Crippen LogP contribution in [0.4, 0.5) is 0 Å². The Morgan fingerprint density at radius 1 is 1.43 bits per heavy atom. The Balaban J connectivity index is 0.00000161. The Kier molecular flexibility index (Phi) is 5.33. The van der Waals surface area contributed by atoms with Gasteiger partial charge in [0.05, 0.1) is 5.41 Å². The van der Waals surface area contributed by atoms with Crippen molar-refractivity contribution < 1.29 is 4.79 Å². The first kappa shape index (κ1) is 16.8. The number of hydrogen-bond donors (Lipinski definition) is 2. The van der Waals surface area contributed by atoms with E-state index >= 15 is 0 Å². The minimum atomic E-state index is -0.266. The molecular weight excluding hydrogens is 352 g/mol. The van der Waals surface area contributed by atoms with E-state index in [0.29, 0.717) is 12.1 Å². The summed E-state index contributed by atoms with van der Waals surface area (Å²) < 4.78 is 1.05. The van der Waals surface area contributed by atoms with Gasteiger partial charge in [0.15, 0.2) is 0 Å². The summed E-state index contributed by atoms with van der Waals surface area (Å²) in [7, 11) is 0. The molecule has 1 saturated heterocycles. The van der Waals surface area contributed by atoms with Crippen LogP contribution in [-0.2, 0) is 10.2 Å². The molecular formula is C16H22BrClN2O. The molecule has 2 N–H and O–H groups in total. The Labute approximate surface area is 140 Å². The van der Waals surface area contributed by atoms with Gasteiger partial charge in [0.25, 0.3) is 0 Å². The van der Waals surface area contributed by atoms with Gasteiger partial charge >= 0.3 is 0 Å². The van der Waals surface area contributed by atoms with Crippen LogP contribution in [0.5, 0.6) is 0 Å². The molecule has 116 valence electrons. The van der Waals surface area contributed by atoms with Gasteiger partial charge in [-0.1, -0.05) is 28.1 Å². The lowest BCUT2D eigenvalue weighted by molar-refractivity contribution is -0.124. The molecule has 0 spiro atoms. The molecule has 1 aliphatic heterocycles. The zero-order chi connectivity index (χ0) is 14.2. The van der Waals surface area contributed by atoms with E-state index in [2.05, 4.69) is 45.6 Å². The van der Waals surface area contributed by atoms with Gasteiger partial charge in [-0.25, -0.2) is 0 Å². The third-order valence-corrected chi connectivity index (χ3v) is 5.01. The van der Waals surface area contributed by atoms with E-state index in [1.807, 2.05) is 12.1 Å². The molecule has 21 heavy (non-hydrogen) atoms. The van der Waals surface area contributed by atoms with Crippen molar-refractivity contribution >= 4 is 34.2 Å². The van der Waals surface area contributed by atoms with Crippen molar-refractivity contribution in [3.8, 4) is 0 Å². The molecule has 1 saturated carbocycles. The topological polar surface area (TPSA) is 41.1 Å². The summed E-state index contributed by atoms with van der Waals surface area (Å²) in [6.07, 6.45) is 4.00. The second-order valence-electron chi connectivity index (χ2n) is 6.14. The van der Waals surface area contributed by atoms with Crippen LogP contribution in [-0.4, -0.2) is 24.5 Å². The molecule has 1 amide bonds. The highest BCUT2D eigenvalue weighted by Crippen LogP contribution is 2.49. The van der Waals surface area contributed by atoms with Crippen molar-refractivity contribution in [2.75, 3.05) is 6.54 Å². The SMILES string of the molecule is CC1CC(NC(=O)C2(c3cccc(Br)c3)CC2)CCN1.Cl. The predicted molar refractivity (Wildman–Crippen MR) is 90.9 cm³/mol. The first-order valence-corrected chi connectivity index (χ1v) is 8.20. The van der Waals surface area contributed by atoms with Crippen LogP contribution in [0, 0.1) is 0 Å². The van der Waals surface area contributed by atoms with Crippen molar-refractivity contribution in [1.29, 1.82) is 0 Å². The number of carbonyl (C=O) groups is 1. The zero-order valence-corrected chi connectivity index (χ0v) is 14.6. The van der Waals surface area contributed by atoms with E-state index in [9.17, 15) is 4.79 Å². The summed E-state index contributed by atoms with van der Waals surface area (Å²) in [5.74, 6) is 0.217. The number of benzene rings is 1. The van der Waals surface area contributed by atoms with E-state index in [-0.39, 0.29) is 23.7 Å². The molecule has 1 aliphatic carbocycles. The van der Waals surface area contributed by atoms with E-state index in [0.717, 1.165) is 42.3 Å². The molecule has 0 aromatic heterocycles. The van der Waals surface area contributed by atoms with Gasteiger partial charge in [-0.15, -0.1) is 12.4 Å². The monoisotopic (exact) mass is 372 g/mol. The van der Waals surface area contributed by atoms with Crippen LogP contribution in [0.1, 0.15) is 38.2 Å². The first-order chi connectivity index (χ1) is 9.60. The number of halogens is 2. The maximum Gasteiger partial charge on any atom is 0.230 e. The summed E-state index contributed by atoms with van der Waals surface area (Å²) in [6, 6.07) is 8.99. The summed E-state index contributed by atoms with van der Waals surface area (Å²) in [4.78, 5) is 12.7. The van der Waals surface area contributed by atoms with Gasteiger partial charge in [0.1, 0.15) is 0 Å². The third kappa shape index (κ3) is 3.61. The quantitative estimate of drug-likeness (QED) is 0.854. The lowest BCUT2D eigenvalue weighted by Crippen LogP contribution is -2.49. The second kappa shape index (κ2) is 6.67. The standard InChI is InChI=1S/C16H21BrN2O.ClH/c1-11-9-14(5-8-18-11)19-15(20)16(6-7-16)12-3-2-4-13(17)10-12;/h2-4,10-11,14,18H,5-9H2,1H3,(H,19,20);1H. The molecule has 0 radical (unpaired) electrons. The van der Waals surface area contributed by atoms with Gasteiger partial charge < -0.3 is 10.6 Å². The highest BCUT2D eigenvalue weighted by atomic mass is 79.9.